The first-order chi connectivity index (χ1) is 9.92. The molecule has 1 aromatic carbocycles. The first-order valence-corrected chi connectivity index (χ1v) is 8.16. The largest absolute Gasteiger partial charge is 0.493 e. The number of benzene rings is 1. The highest BCUT2D eigenvalue weighted by Crippen LogP contribution is 2.22. The molecule has 0 saturated carbocycles. The first kappa shape index (κ1) is 17.7. The van der Waals surface area contributed by atoms with E-state index in [0.29, 0.717) is 30.5 Å². The zero-order valence-corrected chi connectivity index (χ0v) is 14.2. The lowest BCUT2D eigenvalue weighted by atomic mass is 9.92. The van der Waals surface area contributed by atoms with Crippen molar-refractivity contribution in [2.45, 2.75) is 60.3 Å². The predicted molar refractivity (Wildman–Crippen MR) is 88.9 cm³/mol. The SMILES string of the molecule is CCCC(=O)CC(C)Cc1ccc(OCC(C)C)cc1C. The smallest absolute Gasteiger partial charge is 0.133 e. The topological polar surface area (TPSA) is 26.3 Å². The number of hydrogen-bond donors (Lipinski definition) is 0. The van der Waals surface area contributed by atoms with Gasteiger partial charge in [0.25, 0.3) is 0 Å². The Morgan fingerprint density at radius 1 is 1.24 bits per heavy atom. The highest BCUT2D eigenvalue weighted by atomic mass is 16.5. The van der Waals surface area contributed by atoms with Crippen LogP contribution in [-0.2, 0) is 11.2 Å². The number of aryl methyl sites for hydroxylation is 1. The maximum atomic E-state index is 11.7. The predicted octanol–water partition coefficient (Wildman–Crippen LogP) is 4.97. The fourth-order valence-corrected chi connectivity index (χ4v) is 2.47. The maximum absolute atomic E-state index is 11.7. The van der Waals surface area contributed by atoms with E-state index in [1.165, 1.54) is 11.1 Å². The van der Waals surface area contributed by atoms with E-state index in [2.05, 4.69) is 46.8 Å². The molecule has 1 rings (SSSR count). The minimum Gasteiger partial charge on any atom is -0.493 e. The van der Waals surface area contributed by atoms with Gasteiger partial charge in [0.05, 0.1) is 6.61 Å². The molecule has 0 heterocycles. The van der Waals surface area contributed by atoms with Crippen molar-refractivity contribution in [2.75, 3.05) is 6.61 Å². The Morgan fingerprint density at radius 3 is 2.52 bits per heavy atom. The van der Waals surface area contributed by atoms with Crippen molar-refractivity contribution in [3.63, 3.8) is 0 Å². The van der Waals surface area contributed by atoms with Crippen LogP contribution >= 0.6 is 0 Å². The molecule has 1 unspecified atom stereocenters. The second kappa shape index (κ2) is 8.86. The van der Waals surface area contributed by atoms with Gasteiger partial charge in [-0.3, -0.25) is 4.79 Å². The van der Waals surface area contributed by atoms with Crippen molar-refractivity contribution in [1.82, 2.24) is 0 Å². The molecule has 0 saturated heterocycles. The minimum atomic E-state index is 0.388. The van der Waals surface area contributed by atoms with E-state index in [1.807, 2.05) is 6.07 Å². The quantitative estimate of drug-likeness (QED) is 0.642. The molecule has 0 N–H and O–H groups in total. The van der Waals surface area contributed by atoms with Crippen LogP contribution in [0.15, 0.2) is 18.2 Å². The van der Waals surface area contributed by atoms with Crippen LogP contribution in [0.1, 0.15) is 58.1 Å². The molecule has 0 aliphatic heterocycles. The van der Waals surface area contributed by atoms with Gasteiger partial charge in [0.2, 0.25) is 0 Å². The third-order valence-corrected chi connectivity index (χ3v) is 3.57. The fraction of sp³-hybridized carbons (Fsp3) is 0.632. The van der Waals surface area contributed by atoms with Crippen LogP contribution in [-0.4, -0.2) is 12.4 Å². The Bertz CT molecular complexity index is 449. The van der Waals surface area contributed by atoms with E-state index < -0.39 is 0 Å². The van der Waals surface area contributed by atoms with Crippen LogP contribution in [0, 0.1) is 18.8 Å². The number of ketones is 1. The van der Waals surface area contributed by atoms with Gasteiger partial charge in [-0.05, 0) is 54.9 Å². The lowest BCUT2D eigenvalue weighted by Crippen LogP contribution is -2.09. The number of hydrogen-bond acceptors (Lipinski definition) is 2. The van der Waals surface area contributed by atoms with Gasteiger partial charge in [-0.1, -0.05) is 33.8 Å². The van der Waals surface area contributed by atoms with Crippen molar-refractivity contribution in [2.24, 2.45) is 11.8 Å². The van der Waals surface area contributed by atoms with Crippen LogP contribution < -0.4 is 4.74 Å². The summed E-state index contributed by atoms with van der Waals surface area (Å²) in [5.74, 6) is 2.28. The second-order valence-corrected chi connectivity index (χ2v) is 6.60. The summed E-state index contributed by atoms with van der Waals surface area (Å²) in [6.45, 7) is 11.4. The van der Waals surface area contributed by atoms with E-state index in [9.17, 15) is 4.79 Å². The second-order valence-electron chi connectivity index (χ2n) is 6.60. The van der Waals surface area contributed by atoms with Gasteiger partial charge in [-0.15, -0.1) is 0 Å². The van der Waals surface area contributed by atoms with Crippen molar-refractivity contribution < 1.29 is 9.53 Å². The van der Waals surface area contributed by atoms with Crippen molar-refractivity contribution in [3.05, 3.63) is 29.3 Å². The van der Waals surface area contributed by atoms with Crippen molar-refractivity contribution in [3.8, 4) is 5.75 Å². The highest BCUT2D eigenvalue weighted by molar-refractivity contribution is 5.78. The fourth-order valence-electron chi connectivity index (χ4n) is 2.47. The minimum absolute atomic E-state index is 0.388. The normalized spacial score (nSPS) is 12.5. The monoisotopic (exact) mass is 290 g/mol. The summed E-state index contributed by atoms with van der Waals surface area (Å²) < 4.78 is 5.75. The Balaban J connectivity index is 2.57. The van der Waals surface area contributed by atoms with E-state index in [-0.39, 0.29) is 0 Å². The molecule has 1 atom stereocenters. The van der Waals surface area contributed by atoms with Crippen molar-refractivity contribution >= 4 is 5.78 Å². The molecular weight excluding hydrogens is 260 g/mol. The Hall–Kier alpha value is -1.31. The average Bonchev–Trinajstić information content (AvgIpc) is 2.39. The highest BCUT2D eigenvalue weighted by Gasteiger charge is 2.11. The van der Waals surface area contributed by atoms with Gasteiger partial charge in [0, 0.05) is 12.8 Å². The summed E-state index contributed by atoms with van der Waals surface area (Å²) in [6.07, 6.45) is 3.32. The Morgan fingerprint density at radius 2 is 1.95 bits per heavy atom. The summed E-state index contributed by atoms with van der Waals surface area (Å²) in [4.78, 5) is 11.7. The van der Waals surface area contributed by atoms with Crippen LogP contribution in [0.25, 0.3) is 0 Å². The van der Waals surface area contributed by atoms with Gasteiger partial charge in [-0.2, -0.15) is 0 Å². The molecule has 0 radical (unpaired) electrons. The number of rotatable bonds is 9. The number of ether oxygens (including phenoxy) is 1. The molecule has 2 nitrogen and oxygen atoms in total. The molecule has 1 aromatic rings. The zero-order valence-electron chi connectivity index (χ0n) is 14.2. The molecule has 118 valence electrons. The number of carbonyl (C=O) groups excluding carboxylic acids is 1. The summed E-state index contributed by atoms with van der Waals surface area (Å²) in [5.41, 5.74) is 2.58. The van der Waals surface area contributed by atoms with Crippen LogP contribution in [0.5, 0.6) is 5.75 Å². The summed E-state index contributed by atoms with van der Waals surface area (Å²) in [6, 6.07) is 6.30. The van der Waals surface area contributed by atoms with E-state index in [4.69, 9.17) is 4.74 Å². The number of Topliss-reactive ketones (excluding diaryl/α,β-unsaturated/α-hetero) is 1. The molecule has 21 heavy (non-hydrogen) atoms. The van der Waals surface area contributed by atoms with Crippen LogP contribution in [0.3, 0.4) is 0 Å². The summed E-state index contributed by atoms with van der Waals surface area (Å²) >= 11 is 0. The van der Waals surface area contributed by atoms with E-state index >= 15 is 0 Å². The molecule has 0 bridgehead atoms. The van der Waals surface area contributed by atoms with Gasteiger partial charge in [-0.25, -0.2) is 0 Å². The van der Waals surface area contributed by atoms with E-state index in [1.54, 1.807) is 0 Å². The zero-order chi connectivity index (χ0) is 15.8. The Labute approximate surface area is 129 Å². The van der Waals surface area contributed by atoms with Crippen molar-refractivity contribution in [1.29, 1.82) is 0 Å². The standard InChI is InChI=1S/C19H30O2/c1-6-7-18(20)11-15(4)10-17-8-9-19(12-16(17)5)21-13-14(2)3/h8-9,12,14-15H,6-7,10-11,13H2,1-5H3. The average molecular weight is 290 g/mol. The molecule has 0 spiro atoms. The molecule has 0 fully saturated rings. The molecule has 0 aromatic heterocycles. The van der Waals surface area contributed by atoms with E-state index in [0.717, 1.165) is 25.2 Å². The lowest BCUT2D eigenvalue weighted by molar-refractivity contribution is -0.119. The third kappa shape index (κ3) is 6.79. The van der Waals surface area contributed by atoms with Crippen LogP contribution in [0.4, 0.5) is 0 Å². The van der Waals surface area contributed by atoms with Crippen LogP contribution in [0.2, 0.25) is 0 Å². The lowest BCUT2D eigenvalue weighted by Gasteiger charge is -2.15. The van der Waals surface area contributed by atoms with Gasteiger partial charge in [0.1, 0.15) is 11.5 Å². The maximum Gasteiger partial charge on any atom is 0.133 e. The van der Waals surface area contributed by atoms with Gasteiger partial charge >= 0.3 is 0 Å². The molecule has 0 aliphatic rings. The summed E-state index contributed by atoms with van der Waals surface area (Å²) in [5, 5.41) is 0. The molecule has 2 heteroatoms. The summed E-state index contributed by atoms with van der Waals surface area (Å²) in [7, 11) is 0. The number of carbonyl (C=O) groups is 1. The molecule has 0 amide bonds. The van der Waals surface area contributed by atoms with Gasteiger partial charge < -0.3 is 4.74 Å². The molecular formula is C19H30O2. The molecule has 0 aliphatic carbocycles. The third-order valence-electron chi connectivity index (χ3n) is 3.57. The van der Waals surface area contributed by atoms with Gasteiger partial charge in [0.15, 0.2) is 0 Å². The first-order valence-electron chi connectivity index (χ1n) is 8.16. The Kier molecular flexibility index (Phi) is 7.49.